The van der Waals surface area contributed by atoms with E-state index < -0.39 is 10.9 Å². The molecule has 0 spiro atoms. The SMILES string of the molecule is COC(=O)c1c(NCCNc2ccc([N+](=O)[O-])cn2)nc(SC)nc1SCc1ccccc1. The number of methoxy groups -OCH3 is 1. The number of nitro groups is 1. The van der Waals surface area contributed by atoms with Gasteiger partial charge in [0, 0.05) is 24.9 Å². The molecule has 33 heavy (non-hydrogen) atoms. The van der Waals surface area contributed by atoms with E-state index in [2.05, 4.69) is 25.6 Å². The smallest absolute Gasteiger partial charge is 0.344 e. The number of anilines is 2. The molecule has 172 valence electrons. The molecule has 2 aromatic heterocycles. The molecular formula is C21H22N6O4S2. The maximum Gasteiger partial charge on any atom is 0.344 e. The topological polar surface area (TPSA) is 132 Å². The average Bonchev–Trinajstić information content (AvgIpc) is 2.85. The summed E-state index contributed by atoms with van der Waals surface area (Å²) in [7, 11) is 1.32. The summed E-state index contributed by atoms with van der Waals surface area (Å²) in [6, 6.07) is 12.8. The molecule has 10 nitrogen and oxygen atoms in total. The zero-order valence-corrected chi connectivity index (χ0v) is 19.6. The Hall–Kier alpha value is -3.38. The molecule has 0 saturated heterocycles. The van der Waals surface area contributed by atoms with Crippen LogP contribution in [0.4, 0.5) is 17.3 Å². The minimum Gasteiger partial charge on any atom is -0.465 e. The molecule has 0 saturated carbocycles. The van der Waals surface area contributed by atoms with Gasteiger partial charge in [-0.1, -0.05) is 42.1 Å². The second-order valence-corrected chi connectivity index (χ2v) is 8.25. The molecule has 0 radical (unpaired) electrons. The Bertz CT molecular complexity index is 1100. The van der Waals surface area contributed by atoms with Crippen LogP contribution in [0, 0.1) is 10.1 Å². The molecule has 3 aromatic rings. The molecule has 0 aliphatic carbocycles. The molecule has 2 N–H and O–H groups in total. The van der Waals surface area contributed by atoms with Gasteiger partial charge in [0.25, 0.3) is 5.69 Å². The maximum absolute atomic E-state index is 12.6. The highest BCUT2D eigenvalue weighted by atomic mass is 32.2. The van der Waals surface area contributed by atoms with Crippen LogP contribution >= 0.6 is 23.5 Å². The first-order chi connectivity index (χ1) is 16.0. The Morgan fingerprint density at radius 1 is 1.12 bits per heavy atom. The molecule has 0 aliphatic rings. The van der Waals surface area contributed by atoms with Gasteiger partial charge in [-0.15, -0.1) is 11.8 Å². The number of rotatable bonds is 11. The number of hydrogen-bond donors (Lipinski definition) is 2. The minimum atomic E-state index is -0.522. The van der Waals surface area contributed by atoms with E-state index in [1.807, 2.05) is 36.6 Å². The number of hydrogen-bond acceptors (Lipinski definition) is 11. The Kier molecular flexibility index (Phi) is 8.84. The van der Waals surface area contributed by atoms with Crippen molar-refractivity contribution in [2.75, 3.05) is 37.1 Å². The first-order valence-corrected chi connectivity index (χ1v) is 12.0. The number of carbonyl (C=O) groups is 1. The van der Waals surface area contributed by atoms with E-state index in [-0.39, 0.29) is 11.3 Å². The zero-order valence-electron chi connectivity index (χ0n) is 18.0. The summed E-state index contributed by atoms with van der Waals surface area (Å²) in [4.78, 5) is 35.8. The number of carbonyl (C=O) groups excluding carboxylic acids is 1. The van der Waals surface area contributed by atoms with E-state index in [0.29, 0.717) is 40.7 Å². The number of thioether (sulfide) groups is 2. The van der Waals surface area contributed by atoms with Crippen molar-refractivity contribution >= 4 is 46.8 Å². The quantitative estimate of drug-likeness (QED) is 0.0772. The van der Waals surface area contributed by atoms with Gasteiger partial charge in [0.15, 0.2) is 5.16 Å². The summed E-state index contributed by atoms with van der Waals surface area (Å²) in [5.74, 6) is 1.01. The number of benzene rings is 1. The number of nitrogens with zero attached hydrogens (tertiary/aromatic N) is 4. The van der Waals surface area contributed by atoms with Gasteiger partial charge in [-0.3, -0.25) is 10.1 Å². The summed E-state index contributed by atoms with van der Waals surface area (Å²) in [6.07, 6.45) is 3.06. The molecule has 0 atom stereocenters. The maximum atomic E-state index is 12.6. The monoisotopic (exact) mass is 486 g/mol. The van der Waals surface area contributed by atoms with Crippen LogP contribution in [0.3, 0.4) is 0 Å². The minimum absolute atomic E-state index is 0.0764. The standard InChI is InChI=1S/C21H22N6O4S2/c1-31-20(28)17-18(23-11-10-22-16-9-8-15(12-24-16)27(29)30)25-21(32-2)26-19(17)33-13-14-6-4-3-5-7-14/h3-9,12H,10-11,13H2,1-2H3,(H,22,24)(H,23,25,26). The number of esters is 1. The Labute approximate surface area is 199 Å². The van der Waals surface area contributed by atoms with Gasteiger partial charge in [0.05, 0.1) is 12.0 Å². The van der Waals surface area contributed by atoms with Crippen LogP contribution in [0.25, 0.3) is 0 Å². The lowest BCUT2D eigenvalue weighted by Gasteiger charge is -2.15. The van der Waals surface area contributed by atoms with Crippen molar-refractivity contribution in [3.63, 3.8) is 0 Å². The van der Waals surface area contributed by atoms with E-state index in [1.165, 1.54) is 49.0 Å². The molecule has 0 bridgehead atoms. The van der Waals surface area contributed by atoms with Gasteiger partial charge in [0.2, 0.25) is 0 Å². The second kappa shape index (κ2) is 12.0. The lowest BCUT2D eigenvalue weighted by Crippen LogP contribution is -2.19. The third-order valence-electron chi connectivity index (χ3n) is 4.33. The molecule has 0 aliphatic heterocycles. The van der Waals surface area contributed by atoms with Gasteiger partial charge in [-0.25, -0.2) is 19.7 Å². The fraction of sp³-hybridized carbons (Fsp3) is 0.238. The summed E-state index contributed by atoms with van der Waals surface area (Å²) in [5, 5.41) is 18.0. The number of ether oxygens (including phenoxy) is 1. The Balaban J connectivity index is 1.72. The molecule has 0 unspecified atom stereocenters. The van der Waals surface area contributed by atoms with Crippen molar-refractivity contribution in [3.05, 3.63) is 69.9 Å². The predicted molar refractivity (Wildman–Crippen MR) is 129 cm³/mol. The molecule has 2 heterocycles. The van der Waals surface area contributed by atoms with Crippen molar-refractivity contribution in [3.8, 4) is 0 Å². The molecule has 0 fully saturated rings. The van der Waals surface area contributed by atoms with Crippen LogP contribution in [-0.2, 0) is 10.5 Å². The van der Waals surface area contributed by atoms with Crippen molar-refractivity contribution < 1.29 is 14.5 Å². The Morgan fingerprint density at radius 2 is 1.88 bits per heavy atom. The molecule has 0 amide bonds. The van der Waals surface area contributed by atoms with E-state index in [1.54, 1.807) is 0 Å². The van der Waals surface area contributed by atoms with Crippen LogP contribution in [0.15, 0.2) is 58.8 Å². The van der Waals surface area contributed by atoms with Crippen LogP contribution in [0.1, 0.15) is 15.9 Å². The van der Waals surface area contributed by atoms with Gasteiger partial charge < -0.3 is 15.4 Å². The second-order valence-electron chi connectivity index (χ2n) is 6.52. The molecule has 3 rings (SSSR count). The number of pyridine rings is 1. The van der Waals surface area contributed by atoms with Crippen molar-refractivity contribution in [1.82, 2.24) is 15.0 Å². The molecular weight excluding hydrogens is 464 g/mol. The van der Waals surface area contributed by atoms with Crippen LogP contribution in [0.2, 0.25) is 0 Å². The van der Waals surface area contributed by atoms with Crippen LogP contribution in [0.5, 0.6) is 0 Å². The van der Waals surface area contributed by atoms with Crippen molar-refractivity contribution in [2.24, 2.45) is 0 Å². The van der Waals surface area contributed by atoms with E-state index >= 15 is 0 Å². The number of aromatic nitrogens is 3. The van der Waals surface area contributed by atoms with Gasteiger partial charge >= 0.3 is 5.97 Å². The third-order valence-corrected chi connectivity index (χ3v) is 5.92. The Morgan fingerprint density at radius 3 is 2.52 bits per heavy atom. The van der Waals surface area contributed by atoms with Crippen molar-refractivity contribution in [2.45, 2.75) is 15.9 Å². The largest absolute Gasteiger partial charge is 0.465 e. The van der Waals surface area contributed by atoms with Crippen LogP contribution in [-0.4, -0.2) is 52.3 Å². The first kappa shape index (κ1) is 24.3. The molecule has 12 heteroatoms. The van der Waals surface area contributed by atoms with Gasteiger partial charge in [-0.05, 0) is 17.9 Å². The van der Waals surface area contributed by atoms with E-state index in [0.717, 1.165) is 5.56 Å². The molecule has 1 aromatic carbocycles. The zero-order chi connectivity index (χ0) is 23.6. The highest BCUT2D eigenvalue weighted by Crippen LogP contribution is 2.31. The van der Waals surface area contributed by atoms with Crippen LogP contribution < -0.4 is 10.6 Å². The summed E-state index contributed by atoms with van der Waals surface area (Å²) in [5.41, 5.74) is 1.31. The first-order valence-electron chi connectivity index (χ1n) is 9.81. The van der Waals surface area contributed by atoms with Gasteiger partial charge in [-0.2, -0.15) is 0 Å². The average molecular weight is 487 g/mol. The number of nitrogens with one attached hydrogen (secondary N) is 2. The van der Waals surface area contributed by atoms with Gasteiger partial charge in [0.1, 0.15) is 28.4 Å². The highest BCUT2D eigenvalue weighted by molar-refractivity contribution is 7.99. The van der Waals surface area contributed by atoms with Crippen molar-refractivity contribution in [1.29, 1.82) is 0 Å². The summed E-state index contributed by atoms with van der Waals surface area (Å²) >= 11 is 2.82. The lowest BCUT2D eigenvalue weighted by atomic mass is 10.2. The fourth-order valence-electron chi connectivity index (χ4n) is 2.73. The fourth-order valence-corrected chi connectivity index (χ4v) is 4.12. The predicted octanol–water partition coefficient (Wildman–Crippen LogP) is 4.10. The highest BCUT2D eigenvalue weighted by Gasteiger charge is 2.22. The summed E-state index contributed by atoms with van der Waals surface area (Å²) < 4.78 is 4.99. The van der Waals surface area contributed by atoms with E-state index in [9.17, 15) is 14.9 Å². The summed E-state index contributed by atoms with van der Waals surface area (Å²) in [6.45, 7) is 0.854. The normalized spacial score (nSPS) is 10.5. The van der Waals surface area contributed by atoms with E-state index in [4.69, 9.17) is 4.74 Å². The lowest BCUT2D eigenvalue weighted by molar-refractivity contribution is -0.385. The third kappa shape index (κ3) is 6.80.